The second-order valence-corrected chi connectivity index (χ2v) is 6.13. The van der Waals surface area contributed by atoms with Gasteiger partial charge in [0, 0.05) is 3.57 Å². The van der Waals surface area contributed by atoms with Gasteiger partial charge in [-0.1, -0.05) is 6.07 Å². The maximum Gasteiger partial charge on any atom is 0.338 e. The Morgan fingerprint density at radius 1 is 1.14 bits per heavy atom. The van der Waals surface area contributed by atoms with Gasteiger partial charge < -0.3 is 4.74 Å². The predicted octanol–water partition coefficient (Wildman–Crippen LogP) is 2.47. The maximum absolute atomic E-state index is 11.7. The lowest BCUT2D eigenvalue weighted by Gasteiger charge is -2.05. The molecule has 0 bridgehead atoms. The number of esters is 1. The van der Waals surface area contributed by atoms with E-state index in [9.17, 15) is 14.4 Å². The van der Waals surface area contributed by atoms with Gasteiger partial charge in [-0.05, 0) is 58.3 Å². The largest absolute Gasteiger partial charge is 0.452 e. The molecule has 0 radical (unpaired) electrons. The molecule has 0 saturated carbocycles. The standard InChI is InChI=1S/C14H10INO4S/c15-10-5-3-9(4-6-10)14(19)20-8-12(17)16-13(18)11-2-1-7-21-11/h1-7H,8H2,(H,16,17,18). The fraction of sp³-hybridized carbons (Fsp3) is 0.0714. The molecule has 0 atom stereocenters. The van der Waals surface area contributed by atoms with Crippen molar-refractivity contribution in [1.82, 2.24) is 5.32 Å². The van der Waals surface area contributed by atoms with Crippen LogP contribution in [0.4, 0.5) is 0 Å². The molecule has 0 saturated heterocycles. The second kappa shape index (κ2) is 7.32. The van der Waals surface area contributed by atoms with E-state index >= 15 is 0 Å². The molecule has 2 aromatic rings. The van der Waals surface area contributed by atoms with Gasteiger partial charge in [0.05, 0.1) is 10.4 Å². The molecule has 0 unspecified atom stereocenters. The number of amides is 2. The Hall–Kier alpha value is -1.74. The van der Waals surface area contributed by atoms with Gasteiger partial charge >= 0.3 is 5.97 Å². The van der Waals surface area contributed by atoms with Gasteiger partial charge in [0.15, 0.2) is 6.61 Å². The summed E-state index contributed by atoms with van der Waals surface area (Å²) in [6.45, 7) is -0.498. The summed E-state index contributed by atoms with van der Waals surface area (Å²) in [7, 11) is 0. The number of halogens is 1. The third kappa shape index (κ3) is 4.64. The molecule has 1 aromatic heterocycles. The Kier molecular flexibility index (Phi) is 5.45. The van der Waals surface area contributed by atoms with Gasteiger partial charge in [0.1, 0.15) is 0 Å². The third-order valence-electron chi connectivity index (χ3n) is 2.41. The van der Waals surface area contributed by atoms with E-state index in [1.165, 1.54) is 11.3 Å². The first-order chi connectivity index (χ1) is 10.1. The van der Waals surface area contributed by atoms with Crippen LogP contribution in [0.2, 0.25) is 0 Å². The Bertz CT molecular complexity index is 652. The van der Waals surface area contributed by atoms with Crippen LogP contribution in [0.25, 0.3) is 0 Å². The molecule has 0 spiro atoms. The zero-order chi connectivity index (χ0) is 15.2. The van der Waals surface area contributed by atoms with E-state index in [1.807, 2.05) is 0 Å². The van der Waals surface area contributed by atoms with E-state index in [2.05, 4.69) is 27.9 Å². The first-order valence-electron chi connectivity index (χ1n) is 5.86. The predicted molar refractivity (Wildman–Crippen MR) is 86.2 cm³/mol. The lowest BCUT2D eigenvalue weighted by Crippen LogP contribution is -2.33. The minimum absolute atomic E-state index is 0.354. The number of nitrogens with one attached hydrogen (secondary N) is 1. The summed E-state index contributed by atoms with van der Waals surface area (Å²) >= 11 is 3.34. The van der Waals surface area contributed by atoms with E-state index in [1.54, 1.807) is 41.8 Å². The molecular formula is C14H10INO4S. The normalized spacial score (nSPS) is 9.95. The molecule has 7 heteroatoms. The van der Waals surface area contributed by atoms with Crippen LogP contribution in [0.3, 0.4) is 0 Å². The second-order valence-electron chi connectivity index (χ2n) is 3.94. The van der Waals surface area contributed by atoms with Crippen LogP contribution in [-0.2, 0) is 9.53 Å². The molecule has 0 fully saturated rings. The summed E-state index contributed by atoms with van der Waals surface area (Å²) in [5, 5.41) is 3.88. The average molecular weight is 415 g/mol. The van der Waals surface area contributed by atoms with Gasteiger partial charge in [0.2, 0.25) is 0 Å². The Balaban J connectivity index is 1.82. The van der Waals surface area contributed by atoms with Crippen LogP contribution >= 0.6 is 33.9 Å². The minimum Gasteiger partial charge on any atom is -0.452 e. The highest BCUT2D eigenvalue weighted by molar-refractivity contribution is 14.1. The number of rotatable bonds is 4. The molecule has 0 aliphatic heterocycles. The molecule has 21 heavy (non-hydrogen) atoms. The van der Waals surface area contributed by atoms with E-state index in [4.69, 9.17) is 4.74 Å². The minimum atomic E-state index is -0.660. The number of imide groups is 1. The molecule has 1 heterocycles. The monoisotopic (exact) mass is 415 g/mol. The van der Waals surface area contributed by atoms with Crippen LogP contribution in [0, 0.1) is 3.57 Å². The van der Waals surface area contributed by atoms with E-state index < -0.39 is 24.4 Å². The SMILES string of the molecule is O=C(COC(=O)c1ccc(I)cc1)NC(=O)c1cccs1. The molecule has 0 aliphatic rings. The Morgan fingerprint density at radius 3 is 2.48 bits per heavy atom. The fourth-order valence-corrected chi connectivity index (χ4v) is 2.41. The number of hydrogen-bond acceptors (Lipinski definition) is 5. The molecule has 0 aliphatic carbocycles. The van der Waals surface area contributed by atoms with E-state index in [0.717, 1.165) is 3.57 Å². The fourth-order valence-electron chi connectivity index (χ4n) is 1.43. The molecule has 1 N–H and O–H groups in total. The molecule has 108 valence electrons. The van der Waals surface area contributed by atoms with E-state index in [-0.39, 0.29) is 0 Å². The summed E-state index contributed by atoms with van der Waals surface area (Å²) in [4.78, 5) is 35.2. The quantitative estimate of drug-likeness (QED) is 0.615. The van der Waals surface area contributed by atoms with Crippen molar-refractivity contribution in [2.75, 3.05) is 6.61 Å². The van der Waals surface area contributed by atoms with Crippen molar-refractivity contribution >= 4 is 51.7 Å². The average Bonchev–Trinajstić information content (AvgIpc) is 3.00. The molecule has 2 rings (SSSR count). The summed E-state index contributed by atoms with van der Waals surface area (Å²) in [6, 6.07) is 10.1. The van der Waals surface area contributed by atoms with Gasteiger partial charge in [-0.3, -0.25) is 14.9 Å². The zero-order valence-electron chi connectivity index (χ0n) is 10.7. The van der Waals surface area contributed by atoms with Crippen molar-refractivity contribution in [3.05, 3.63) is 55.8 Å². The van der Waals surface area contributed by atoms with Crippen LogP contribution in [0.5, 0.6) is 0 Å². The van der Waals surface area contributed by atoms with Crippen molar-refractivity contribution in [3.8, 4) is 0 Å². The number of carbonyl (C=O) groups excluding carboxylic acids is 3. The first-order valence-corrected chi connectivity index (χ1v) is 7.82. The van der Waals surface area contributed by atoms with Crippen molar-refractivity contribution in [2.45, 2.75) is 0 Å². The first kappa shape index (κ1) is 15.6. The molecular weight excluding hydrogens is 405 g/mol. The van der Waals surface area contributed by atoms with Crippen LogP contribution < -0.4 is 5.32 Å². The van der Waals surface area contributed by atoms with Gasteiger partial charge in [0.25, 0.3) is 11.8 Å². The van der Waals surface area contributed by atoms with Crippen molar-refractivity contribution in [3.63, 3.8) is 0 Å². The van der Waals surface area contributed by atoms with Gasteiger partial charge in [-0.2, -0.15) is 0 Å². The van der Waals surface area contributed by atoms with Crippen molar-refractivity contribution in [2.24, 2.45) is 0 Å². The highest BCUT2D eigenvalue weighted by Gasteiger charge is 2.14. The molecule has 1 aromatic carbocycles. The zero-order valence-corrected chi connectivity index (χ0v) is 13.6. The summed E-state index contributed by atoms with van der Waals surface area (Å²) in [5.74, 6) is -1.77. The van der Waals surface area contributed by atoms with Crippen LogP contribution in [0.15, 0.2) is 41.8 Å². The van der Waals surface area contributed by atoms with Gasteiger partial charge in [-0.25, -0.2) is 4.79 Å². The maximum atomic E-state index is 11.7. The van der Waals surface area contributed by atoms with Gasteiger partial charge in [-0.15, -0.1) is 11.3 Å². The third-order valence-corrected chi connectivity index (χ3v) is 4.00. The highest BCUT2D eigenvalue weighted by Crippen LogP contribution is 2.09. The number of hydrogen-bond donors (Lipinski definition) is 1. The lowest BCUT2D eigenvalue weighted by atomic mass is 10.2. The van der Waals surface area contributed by atoms with Crippen molar-refractivity contribution in [1.29, 1.82) is 0 Å². The number of thiophene rings is 1. The lowest BCUT2D eigenvalue weighted by molar-refractivity contribution is -0.123. The summed E-state index contributed by atoms with van der Waals surface area (Å²) in [6.07, 6.45) is 0. The summed E-state index contributed by atoms with van der Waals surface area (Å²) < 4.78 is 5.84. The Labute approximate surface area is 138 Å². The molecule has 5 nitrogen and oxygen atoms in total. The number of benzene rings is 1. The Morgan fingerprint density at radius 2 is 1.86 bits per heavy atom. The topological polar surface area (TPSA) is 72.5 Å². The number of carbonyl (C=O) groups is 3. The molecule has 2 amide bonds. The van der Waals surface area contributed by atoms with E-state index in [0.29, 0.717) is 10.4 Å². The van der Waals surface area contributed by atoms with Crippen molar-refractivity contribution < 1.29 is 19.1 Å². The highest BCUT2D eigenvalue weighted by atomic mass is 127. The van der Waals surface area contributed by atoms with Crippen LogP contribution in [-0.4, -0.2) is 24.4 Å². The smallest absolute Gasteiger partial charge is 0.338 e. The number of ether oxygens (including phenoxy) is 1. The van der Waals surface area contributed by atoms with Crippen LogP contribution in [0.1, 0.15) is 20.0 Å². The summed E-state index contributed by atoms with van der Waals surface area (Å²) in [5.41, 5.74) is 0.354.